The predicted octanol–water partition coefficient (Wildman–Crippen LogP) is 3.74. The van der Waals surface area contributed by atoms with Gasteiger partial charge >= 0.3 is 5.97 Å². The zero-order valence-electron chi connectivity index (χ0n) is 14.1. The molecular weight excluding hydrogens is 298 g/mol. The lowest BCUT2D eigenvalue weighted by molar-refractivity contribution is -0.148. The second-order valence-corrected chi connectivity index (χ2v) is 7.00. The maximum absolute atomic E-state index is 12.7. The van der Waals surface area contributed by atoms with Gasteiger partial charge < -0.3 is 10.5 Å². The molecule has 0 bridgehead atoms. The Balaban J connectivity index is 1.95. The zero-order chi connectivity index (χ0) is 17.2. The van der Waals surface area contributed by atoms with Crippen LogP contribution in [-0.2, 0) is 9.53 Å². The fourth-order valence-electron chi connectivity index (χ4n) is 3.07. The van der Waals surface area contributed by atoms with E-state index in [1.165, 1.54) is 0 Å². The fourth-order valence-corrected chi connectivity index (χ4v) is 3.07. The first-order valence-electron chi connectivity index (χ1n) is 8.23. The summed E-state index contributed by atoms with van der Waals surface area (Å²) >= 11 is 0. The van der Waals surface area contributed by atoms with Gasteiger partial charge in [0.05, 0.1) is 5.92 Å². The summed E-state index contributed by atoms with van der Waals surface area (Å²) in [5.41, 5.74) is 8.82. The summed E-state index contributed by atoms with van der Waals surface area (Å²) in [5.74, 6) is -0.612. The highest BCUT2D eigenvalue weighted by atomic mass is 16.5. The lowest BCUT2D eigenvalue weighted by atomic mass is 9.75. The van der Waals surface area contributed by atoms with Crippen molar-refractivity contribution in [1.29, 1.82) is 0 Å². The minimum atomic E-state index is -0.534. The van der Waals surface area contributed by atoms with Gasteiger partial charge in [0.2, 0.25) is 0 Å². The SMILES string of the molecule is CC(C)(N)COC(=O)[C@@H]1C=Cc2ccccc2[C@H]1c1ccccc1. The zero-order valence-corrected chi connectivity index (χ0v) is 14.1. The summed E-state index contributed by atoms with van der Waals surface area (Å²) in [4.78, 5) is 12.7. The van der Waals surface area contributed by atoms with Crippen molar-refractivity contribution in [3.05, 3.63) is 77.4 Å². The molecule has 2 aromatic carbocycles. The van der Waals surface area contributed by atoms with Gasteiger partial charge in [0, 0.05) is 11.5 Å². The Kier molecular flexibility index (Phi) is 4.54. The number of ether oxygens (including phenoxy) is 1. The molecular formula is C21H23NO2. The number of carbonyl (C=O) groups is 1. The van der Waals surface area contributed by atoms with E-state index in [1.54, 1.807) is 0 Å². The monoisotopic (exact) mass is 321 g/mol. The van der Waals surface area contributed by atoms with Gasteiger partial charge in [-0.15, -0.1) is 0 Å². The molecule has 0 heterocycles. The molecule has 0 saturated heterocycles. The first-order valence-corrected chi connectivity index (χ1v) is 8.23. The van der Waals surface area contributed by atoms with E-state index in [0.717, 1.165) is 16.7 Å². The smallest absolute Gasteiger partial charge is 0.313 e. The highest BCUT2D eigenvalue weighted by Crippen LogP contribution is 2.39. The van der Waals surface area contributed by atoms with E-state index in [1.807, 2.05) is 56.3 Å². The molecule has 1 aliphatic carbocycles. The molecule has 1 aliphatic rings. The van der Waals surface area contributed by atoms with E-state index in [0.29, 0.717) is 0 Å². The summed E-state index contributed by atoms with van der Waals surface area (Å²) in [7, 11) is 0. The Morgan fingerprint density at radius 2 is 1.75 bits per heavy atom. The number of rotatable bonds is 4. The molecule has 124 valence electrons. The minimum absolute atomic E-state index is 0.0409. The fraction of sp³-hybridized carbons (Fsp3) is 0.286. The molecule has 3 rings (SSSR count). The maximum Gasteiger partial charge on any atom is 0.313 e. The highest BCUT2D eigenvalue weighted by molar-refractivity contribution is 5.80. The third-order valence-corrected chi connectivity index (χ3v) is 4.19. The normalized spacial score (nSPS) is 19.6. The van der Waals surface area contributed by atoms with Gasteiger partial charge in [-0.2, -0.15) is 0 Å². The van der Waals surface area contributed by atoms with Crippen LogP contribution in [0.4, 0.5) is 0 Å². The van der Waals surface area contributed by atoms with Crippen LogP contribution in [0.1, 0.15) is 36.5 Å². The van der Waals surface area contributed by atoms with Crippen LogP contribution in [0.15, 0.2) is 60.7 Å². The van der Waals surface area contributed by atoms with Crippen molar-refractivity contribution >= 4 is 12.0 Å². The van der Waals surface area contributed by atoms with Crippen LogP contribution >= 0.6 is 0 Å². The number of hydrogen-bond donors (Lipinski definition) is 1. The Bertz CT molecular complexity index is 744. The van der Waals surface area contributed by atoms with Crippen molar-refractivity contribution in [2.75, 3.05) is 6.61 Å². The first-order chi connectivity index (χ1) is 11.5. The molecule has 0 unspecified atom stereocenters. The third kappa shape index (κ3) is 3.57. The second-order valence-electron chi connectivity index (χ2n) is 7.00. The van der Waals surface area contributed by atoms with Gasteiger partial charge in [0.15, 0.2) is 0 Å². The van der Waals surface area contributed by atoms with E-state index in [-0.39, 0.29) is 24.4 Å². The van der Waals surface area contributed by atoms with Crippen molar-refractivity contribution in [1.82, 2.24) is 0 Å². The molecule has 2 N–H and O–H groups in total. The average Bonchev–Trinajstić information content (AvgIpc) is 2.58. The third-order valence-electron chi connectivity index (χ3n) is 4.19. The van der Waals surface area contributed by atoms with E-state index in [4.69, 9.17) is 10.5 Å². The lowest BCUT2D eigenvalue weighted by Gasteiger charge is -2.30. The lowest BCUT2D eigenvalue weighted by Crippen LogP contribution is -2.39. The molecule has 0 amide bonds. The molecule has 24 heavy (non-hydrogen) atoms. The average molecular weight is 321 g/mol. The van der Waals surface area contributed by atoms with Crippen LogP contribution in [0.2, 0.25) is 0 Å². The molecule has 3 heteroatoms. The highest BCUT2D eigenvalue weighted by Gasteiger charge is 2.34. The van der Waals surface area contributed by atoms with E-state index >= 15 is 0 Å². The second kappa shape index (κ2) is 6.62. The van der Waals surface area contributed by atoms with Crippen molar-refractivity contribution < 1.29 is 9.53 Å². The maximum atomic E-state index is 12.7. The van der Waals surface area contributed by atoms with Gasteiger partial charge in [-0.3, -0.25) is 4.79 Å². The summed E-state index contributed by atoms with van der Waals surface area (Å²) < 4.78 is 5.50. The number of benzene rings is 2. The predicted molar refractivity (Wildman–Crippen MR) is 96.5 cm³/mol. The number of carbonyl (C=O) groups excluding carboxylic acids is 1. The molecule has 2 aromatic rings. The Labute approximate surface area is 143 Å². The molecule has 0 radical (unpaired) electrons. The van der Waals surface area contributed by atoms with Gasteiger partial charge in [-0.05, 0) is 30.5 Å². The Morgan fingerprint density at radius 1 is 1.08 bits per heavy atom. The van der Waals surface area contributed by atoms with E-state index < -0.39 is 5.54 Å². The molecule has 0 spiro atoms. The van der Waals surface area contributed by atoms with Crippen LogP contribution < -0.4 is 5.73 Å². The van der Waals surface area contributed by atoms with Crippen molar-refractivity contribution in [2.24, 2.45) is 11.7 Å². The van der Waals surface area contributed by atoms with Crippen LogP contribution in [0.5, 0.6) is 0 Å². The molecule has 2 atom stereocenters. The topological polar surface area (TPSA) is 52.3 Å². The van der Waals surface area contributed by atoms with Crippen molar-refractivity contribution in [3.8, 4) is 0 Å². The van der Waals surface area contributed by atoms with Crippen LogP contribution in [-0.4, -0.2) is 18.1 Å². The summed E-state index contributed by atoms with van der Waals surface area (Å²) in [5, 5.41) is 0. The van der Waals surface area contributed by atoms with Gasteiger partial charge in [0.1, 0.15) is 6.61 Å². The largest absolute Gasteiger partial charge is 0.463 e. The standard InChI is InChI=1S/C21H23NO2/c1-21(2,22)14-24-20(23)18-13-12-15-8-6-7-11-17(15)19(18)16-9-4-3-5-10-16/h3-13,18-19H,14,22H2,1-2H3/t18-,19-/m1/s1. The molecule has 3 nitrogen and oxygen atoms in total. The van der Waals surface area contributed by atoms with Crippen LogP contribution in [0.3, 0.4) is 0 Å². The number of esters is 1. The van der Waals surface area contributed by atoms with E-state index in [2.05, 4.69) is 24.3 Å². The molecule has 0 fully saturated rings. The van der Waals surface area contributed by atoms with Gasteiger partial charge in [-0.1, -0.05) is 66.7 Å². The number of fused-ring (bicyclic) bond motifs is 1. The summed E-state index contributed by atoms with van der Waals surface area (Å²) in [6, 6.07) is 18.3. The quantitative estimate of drug-likeness (QED) is 0.873. The van der Waals surface area contributed by atoms with E-state index in [9.17, 15) is 4.79 Å². The van der Waals surface area contributed by atoms with Gasteiger partial charge in [0.25, 0.3) is 0 Å². The summed E-state index contributed by atoms with van der Waals surface area (Å²) in [6.07, 6.45) is 3.96. The molecule has 0 aromatic heterocycles. The minimum Gasteiger partial charge on any atom is -0.463 e. The number of nitrogens with two attached hydrogens (primary N) is 1. The van der Waals surface area contributed by atoms with Crippen LogP contribution in [0, 0.1) is 5.92 Å². The van der Waals surface area contributed by atoms with Gasteiger partial charge in [-0.25, -0.2) is 0 Å². The van der Waals surface area contributed by atoms with Crippen LogP contribution in [0.25, 0.3) is 6.08 Å². The van der Waals surface area contributed by atoms with Crippen molar-refractivity contribution in [3.63, 3.8) is 0 Å². The first kappa shape index (κ1) is 16.5. The molecule has 0 saturated carbocycles. The Morgan fingerprint density at radius 3 is 2.46 bits per heavy atom. The summed E-state index contributed by atoms with van der Waals surface area (Å²) in [6.45, 7) is 3.90. The van der Waals surface area contributed by atoms with Crippen molar-refractivity contribution in [2.45, 2.75) is 25.3 Å². The number of hydrogen-bond acceptors (Lipinski definition) is 3. The molecule has 0 aliphatic heterocycles. The Hall–Kier alpha value is -2.39.